The molecule has 1 amide bonds. The van der Waals surface area contributed by atoms with Crippen LogP contribution in [0.15, 0.2) is 0 Å². The molecule has 2 heterocycles. The molecule has 1 fully saturated rings. The molecule has 6 heteroatoms. The normalized spacial score (nSPS) is 23.9. The largest absolute Gasteiger partial charge is 0.395 e. The van der Waals surface area contributed by atoms with Crippen molar-refractivity contribution in [3.05, 3.63) is 11.4 Å². The van der Waals surface area contributed by atoms with Crippen molar-refractivity contribution in [2.45, 2.75) is 32.7 Å². The maximum atomic E-state index is 12.1. The molecular formula is C12H20N4O2. The maximum Gasteiger partial charge on any atom is 0.274 e. The van der Waals surface area contributed by atoms with Gasteiger partial charge >= 0.3 is 0 Å². The number of carbonyl (C=O) groups is 1. The molecule has 18 heavy (non-hydrogen) atoms. The average molecular weight is 252 g/mol. The first-order valence-electron chi connectivity index (χ1n) is 6.34. The Morgan fingerprint density at radius 1 is 1.67 bits per heavy atom. The lowest BCUT2D eigenvalue weighted by Crippen LogP contribution is -2.44. The third kappa shape index (κ3) is 2.48. The van der Waals surface area contributed by atoms with E-state index in [4.69, 9.17) is 10.5 Å². The summed E-state index contributed by atoms with van der Waals surface area (Å²) in [4.78, 5) is 12.1. The molecule has 6 nitrogen and oxygen atoms in total. The van der Waals surface area contributed by atoms with Crippen molar-refractivity contribution in [1.82, 2.24) is 15.5 Å². The number of hydrogen-bond acceptors (Lipinski definition) is 4. The Morgan fingerprint density at radius 2 is 2.44 bits per heavy atom. The Bertz CT molecular complexity index is 430. The van der Waals surface area contributed by atoms with Gasteiger partial charge in [0.1, 0.15) is 0 Å². The zero-order chi connectivity index (χ0) is 13.1. The highest BCUT2D eigenvalue weighted by Gasteiger charge is 2.25. The fourth-order valence-electron chi connectivity index (χ4n) is 2.16. The fraction of sp³-hybridized carbons (Fsp3) is 0.667. The zero-order valence-electron chi connectivity index (χ0n) is 10.8. The molecule has 100 valence electrons. The highest BCUT2D eigenvalue weighted by atomic mass is 16.5. The second-order valence-corrected chi connectivity index (χ2v) is 4.74. The van der Waals surface area contributed by atoms with Gasteiger partial charge in [0.15, 0.2) is 5.69 Å². The summed E-state index contributed by atoms with van der Waals surface area (Å²) >= 11 is 0. The number of hydrogen-bond donors (Lipinski definition) is 3. The van der Waals surface area contributed by atoms with Crippen molar-refractivity contribution in [2.75, 3.05) is 18.9 Å². The van der Waals surface area contributed by atoms with Crippen LogP contribution in [0, 0.1) is 5.92 Å². The van der Waals surface area contributed by atoms with Gasteiger partial charge in [-0.3, -0.25) is 9.89 Å². The number of anilines is 1. The van der Waals surface area contributed by atoms with Gasteiger partial charge in [-0.2, -0.15) is 5.10 Å². The zero-order valence-corrected chi connectivity index (χ0v) is 10.8. The first kappa shape index (κ1) is 12.9. The van der Waals surface area contributed by atoms with Gasteiger partial charge in [-0.15, -0.1) is 0 Å². The number of amides is 1. The summed E-state index contributed by atoms with van der Waals surface area (Å²) in [5.74, 6) is 0.107. The molecule has 4 N–H and O–H groups in total. The standard InChI is InChI=1S/C12H20N4O2/c1-3-8-10(13)11(16-15-8)12(17)14-9-4-5-18-6-7(9)2/h7,9H,3-6,13H2,1-2H3,(H,14,17)(H,15,16). The van der Waals surface area contributed by atoms with Crippen LogP contribution < -0.4 is 11.1 Å². The lowest BCUT2D eigenvalue weighted by atomic mass is 9.98. The molecule has 1 aliphatic heterocycles. The van der Waals surface area contributed by atoms with E-state index in [9.17, 15) is 4.79 Å². The molecule has 0 aromatic carbocycles. The van der Waals surface area contributed by atoms with Gasteiger partial charge in [0.05, 0.1) is 18.0 Å². The Hall–Kier alpha value is -1.56. The molecular weight excluding hydrogens is 232 g/mol. The van der Waals surface area contributed by atoms with Gasteiger partial charge in [-0.05, 0) is 18.8 Å². The minimum absolute atomic E-state index is 0.132. The molecule has 0 bridgehead atoms. The number of nitrogens with two attached hydrogens (primary N) is 1. The predicted molar refractivity (Wildman–Crippen MR) is 68.2 cm³/mol. The highest BCUT2D eigenvalue weighted by Crippen LogP contribution is 2.17. The van der Waals surface area contributed by atoms with E-state index in [2.05, 4.69) is 22.4 Å². The summed E-state index contributed by atoms with van der Waals surface area (Å²) in [6, 6.07) is 0.132. The van der Waals surface area contributed by atoms with Gasteiger partial charge in [0.2, 0.25) is 0 Å². The number of nitrogen functional groups attached to an aromatic ring is 1. The van der Waals surface area contributed by atoms with Gasteiger partial charge in [-0.1, -0.05) is 13.8 Å². The van der Waals surface area contributed by atoms with E-state index in [1.54, 1.807) is 0 Å². The van der Waals surface area contributed by atoms with Crippen molar-refractivity contribution in [3.63, 3.8) is 0 Å². The Kier molecular flexibility index (Phi) is 3.86. The van der Waals surface area contributed by atoms with Crippen molar-refractivity contribution in [2.24, 2.45) is 5.92 Å². The highest BCUT2D eigenvalue weighted by molar-refractivity contribution is 5.97. The van der Waals surface area contributed by atoms with E-state index < -0.39 is 0 Å². The van der Waals surface area contributed by atoms with Crippen LogP contribution in [0.25, 0.3) is 0 Å². The molecule has 2 atom stereocenters. The molecule has 1 aromatic rings. The van der Waals surface area contributed by atoms with E-state index >= 15 is 0 Å². The molecule has 0 radical (unpaired) electrons. The minimum Gasteiger partial charge on any atom is -0.395 e. The first-order valence-corrected chi connectivity index (χ1v) is 6.34. The average Bonchev–Trinajstić information content (AvgIpc) is 2.73. The van der Waals surface area contributed by atoms with Crippen LogP contribution in [0.5, 0.6) is 0 Å². The van der Waals surface area contributed by atoms with E-state index in [1.807, 2.05) is 6.92 Å². The van der Waals surface area contributed by atoms with Gasteiger partial charge < -0.3 is 15.8 Å². The molecule has 2 rings (SSSR count). The third-order valence-electron chi connectivity index (χ3n) is 3.41. The van der Waals surface area contributed by atoms with E-state index in [1.165, 1.54) is 0 Å². The summed E-state index contributed by atoms with van der Waals surface area (Å²) in [6.45, 7) is 5.40. The second-order valence-electron chi connectivity index (χ2n) is 4.74. The number of rotatable bonds is 3. The monoisotopic (exact) mass is 252 g/mol. The Labute approximate surface area is 106 Å². The number of aromatic nitrogens is 2. The first-order chi connectivity index (χ1) is 8.63. The third-order valence-corrected chi connectivity index (χ3v) is 3.41. The number of nitrogens with zero attached hydrogens (tertiary/aromatic N) is 1. The minimum atomic E-state index is -0.206. The van der Waals surface area contributed by atoms with Crippen LogP contribution in [0.4, 0.5) is 5.69 Å². The summed E-state index contributed by atoms with van der Waals surface area (Å²) < 4.78 is 5.35. The Balaban J connectivity index is 2.04. The van der Waals surface area contributed by atoms with Crippen LogP contribution in [0.2, 0.25) is 0 Å². The SMILES string of the molecule is CCc1[nH]nc(C(=O)NC2CCOCC2C)c1N. The summed E-state index contributed by atoms with van der Waals surface area (Å²) in [6.07, 6.45) is 1.57. The molecule has 1 aliphatic rings. The fourth-order valence-corrected chi connectivity index (χ4v) is 2.16. The molecule has 1 saturated heterocycles. The van der Waals surface area contributed by atoms with Gasteiger partial charge in [0.25, 0.3) is 5.91 Å². The van der Waals surface area contributed by atoms with Crippen LogP contribution >= 0.6 is 0 Å². The Morgan fingerprint density at radius 3 is 3.06 bits per heavy atom. The quantitative estimate of drug-likeness (QED) is 0.738. The number of H-pyrrole nitrogens is 1. The van der Waals surface area contributed by atoms with Crippen LogP contribution in [-0.2, 0) is 11.2 Å². The van der Waals surface area contributed by atoms with Gasteiger partial charge in [-0.25, -0.2) is 0 Å². The van der Waals surface area contributed by atoms with Crippen molar-refractivity contribution >= 4 is 11.6 Å². The van der Waals surface area contributed by atoms with Gasteiger partial charge in [0, 0.05) is 12.6 Å². The summed E-state index contributed by atoms with van der Waals surface area (Å²) in [7, 11) is 0. The maximum absolute atomic E-state index is 12.1. The second kappa shape index (κ2) is 5.39. The van der Waals surface area contributed by atoms with Crippen molar-refractivity contribution in [3.8, 4) is 0 Å². The number of aryl methyl sites for hydroxylation is 1. The topological polar surface area (TPSA) is 93.0 Å². The van der Waals surface area contributed by atoms with E-state index in [0.717, 1.165) is 18.5 Å². The molecule has 1 aromatic heterocycles. The van der Waals surface area contributed by atoms with E-state index in [0.29, 0.717) is 30.5 Å². The van der Waals surface area contributed by atoms with Crippen molar-refractivity contribution < 1.29 is 9.53 Å². The van der Waals surface area contributed by atoms with Crippen LogP contribution in [0.3, 0.4) is 0 Å². The number of nitrogens with one attached hydrogen (secondary N) is 2. The van der Waals surface area contributed by atoms with Crippen molar-refractivity contribution in [1.29, 1.82) is 0 Å². The van der Waals surface area contributed by atoms with Crippen LogP contribution in [-0.4, -0.2) is 35.4 Å². The molecule has 2 unspecified atom stereocenters. The smallest absolute Gasteiger partial charge is 0.274 e. The lowest BCUT2D eigenvalue weighted by Gasteiger charge is -2.29. The molecule has 0 saturated carbocycles. The van der Waals surface area contributed by atoms with Crippen LogP contribution in [0.1, 0.15) is 36.5 Å². The predicted octanol–water partition coefficient (Wildman–Crippen LogP) is 0.709. The molecule has 0 spiro atoms. The number of ether oxygens (including phenoxy) is 1. The lowest BCUT2D eigenvalue weighted by molar-refractivity contribution is 0.0374. The molecule has 0 aliphatic carbocycles. The summed E-state index contributed by atoms with van der Waals surface area (Å²) in [5, 5.41) is 9.76. The number of carbonyl (C=O) groups excluding carboxylic acids is 1. The van der Waals surface area contributed by atoms with E-state index in [-0.39, 0.29) is 11.9 Å². The number of aromatic amines is 1. The summed E-state index contributed by atoms with van der Waals surface area (Å²) in [5.41, 5.74) is 7.43.